The Morgan fingerprint density at radius 3 is 3.10 bits per heavy atom. The molecule has 5 nitrogen and oxygen atoms in total. The molecule has 0 aliphatic carbocycles. The normalized spacial score (nSPS) is 8.80. The molecule has 1 amide bonds. The van der Waals surface area contributed by atoms with Gasteiger partial charge in [0, 0.05) is 0 Å². The van der Waals surface area contributed by atoms with Gasteiger partial charge in [0.25, 0.3) is 0 Å². The summed E-state index contributed by atoms with van der Waals surface area (Å²) in [7, 11) is 0. The average Bonchev–Trinajstić information content (AvgIpc) is 1.94. The third-order valence-electron chi connectivity index (χ3n) is 0.889. The molecule has 0 aliphatic heterocycles. The van der Waals surface area contributed by atoms with Crippen molar-refractivity contribution in [2.24, 2.45) is 0 Å². The Kier molecular flexibility index (Phi) is 1.79. The molecule has 52 valence electrons. The van der Waals surface area contributed by atoms with Crippen molar-refractivity contribution in [3.05, 3.63) is 12.5 Å². The molecule has 0 unspecified atom stereocenters. The van der Waals surface area contributed by atoms with Gasteiger partial charge >= 0.3 is 0 Å². The van der Waals surface area contributed by atoms with Gasteiger partial charge in [-0.05, 0) is 0 Å². The lowest BCUT2D eigenvalue weighted by Gasteiger charge is -1.96. The van der Waals surface area contributed by atoms with Crippen LogP contribution in [0, 0.1) is 0 Å². The molecular weight excluding hydrogens is 134 g/mol. The van der Waals surface area contributed by atoms with E-state index < -0.39 is 0 Å². The summed E-state index contributed by atoms with van der Waals surface area (Å²) in [6.07, 6.45) is 2.85. The SMILES string of the molecule is O=CNc1ncncc1O. The van der Waals surface area contributed by atoms with Crippen molar-refractivity contribution in [1.29, 1.82) is 0 Å². The van der Waals surface area contributed by atoms with Crippen LogP contribution in [0.4, 0.5) is 5.82 Å². The van der Waals surface area contributed by atoms with Crippen LogP contribution in [-0.4, -0.2) is 21.5 Å². The zero-order valence-corrected chi connectivity index (χ0v) is 4.98. The number of hydrogen-bond donors (Lipinski definition) is 2. The summed E-state index contributed by atoms with van der Waals surface area (Å²) < 4.78 is 0. The molecule has 2 N–H and O–H groups in total. The zero-order valence-electron chi connectivity index (χ0n) is 4.98. The van der Waals surface area contributed by atoms with E-state index in [2.05, 4.69) is 15.3 Å². The van der Waals surface area contributed by atoms with E-state index in [1.807, 2.05) is 0 Å². The summed E-state index contributed by atoms with van der Waals surface area (Å²) in [5.41, 5.74) is 0. The molecule has 0 fully saturated rings. The summed E-state index contributed by atoms with van der Waals surface area (Å²) in [5.74, 6) is -0.0281. The van der Waals surface area contributed by atoms with Crippen molar-refractivity contribution in [3.8, 4) is 5.75 Å². The number of nitrogens with one attached hydrogen (secondary N) is 1. The predicted octanol–water partition coefficient (Wildman–Crippen LogP) is -0.250. The van der Waals surface area contributed by atoms with Gasteiger partial charge in [0.2, 0.25) is 6.41 Å². The maximum absolute atomic E-state index is 9.84. The smallest absolute Gasteiger partial charge is 0.212 e. The third kappa shape index (κ3) is 1.19. The Morgan fingerprint density at radius 1 is 1.70 bits per heavy atom. The number of aromatic nitrogens is 2. The highest BCUT2D eigenvalue weighted by atomic mass is 16.3. The maximum Gasteiger partial charge on any atom is 0.212 e. The van der Waals surface area contributed by atoms with Crippen LogP contribution >= 0.6 is 0 Å². The lowest BCUT2D eigenvalue weighted by atomic mass is 10.5. The van der Waals surface area contributed by atoms with Crippen LogP contribution < -0.4 is 5.32 Å². The summed E-state index contributed by atoms with van der Waals surface area (Å²) >= 11 is 0. The van der Waals surface area contributed by atoms with Gasteiger partial charge in [0.15, 0.2) is 11.6 Å². The molecule has 1 rings (SSSR count). The van der Waals surface area contributed by atoms with Crippen molar-refractivity contribution < 1.29 is 9.90 Å². The first-order valence-electron chi connectivity index (χ1n) is 2.53. The van der Waals surface area contributed by atoms with E-state index in [0.717, 1.165) is 0 Å². The van der Waals surface area contributed by atoms with Crippen LogP contribution in [0.25, 0.3) is 0 Å². The molecule has 0 bridgehead atoms. The highest BCUT2D eigenvalue weighted by molar-refractivity contribution is 5.71. The maximum atomic E-state index is 9.84. The molecule has 10 heavy (non-hydrogen) atoms. The molecule has 0 aromatic carbocycles. The zero-order chi connectivity index (χ0) is 7.40. The summed E-state index contributed by atoms with van der Waals surface area (Å²) in [6, 6.07) is 0. The number of anilines is 1. The first-order valence-corrected chi connectivity index (χ1v) is 2.53. The second kappa shape index (κ2) is 2.77. The lowest BCUT2D eigenvalue weighted by molar-refractivity contribution is -0.105. The Hall–Kier alpha value is -1.65. The average molecular weight is 139 g/mol. The first kappa shape index (κ1) is 6.47. The van der Waals surface area contributed by atoms with Crippen molar-refractivity contribution in [2.45, 2.75) is 0 Å². The molecule has 5 heteroatoms. The quantitative estimate of drug-likeness (QED) is 0.554. The molecule has 0 saturated carbocycles. The van der Waals surface area contributed by atoms with E-state index in [9.17, 15) is 4.79 Å². The van der Waals surface area contributed by atoms with Crippen molar-refractivity contribution >= 4 is 12.2 Å². The molecule has 0 radical (unpaired) electrons. The molecule has 1 heterocycles. The van der Waals surface area contributed by atoms with Crippen LogP contribution in [0.5, 0.6) is 5.75 Å². The third-order valence-corrected chi connectivity index (χ3v) is 0.889. The van der Waals surface area contributed by atoms with Crippen LogP contribution in [0.15, 0.2) is 12.5 Å². The van der Waals surface area contributed by atoms with Crippen molar-refractivity contribution in [1.82, 2.24) is 9.97 Å². The number of aromatic hydroxyl groups is 1. The summed E-state index contributed by atoms with van der Waals surface area (Å²) in [6.45, 7) is 0. The minimum atomic E-state index is -0.144. The molecule has 0 aliphatic rings. The highest BCUT2D eigenvalue weighted by Gasteiger charge is 1.97. The lowest BCUT2D eigenvalue weighted by Crippen LogP contribution is -1.96. The summed E-state index contributed by atoms with van der Waals surface area (Å²) in [4.78, 5) is 16.9. The predicted molar refractivity (Wildman–Crippen MR) is 33.4 cm³/mol. The van der Waals surface area contributed by atoms with E-state index in [1.54, 1.807) is 0 Å². The topological polar surface area (TPSA) is 75.1 Å². The first-order chi connectivity index (χ1) is 4.84. The fourth-order valence-electron chi connectivity index (χ4n) is 0.489. The van der Waals surface area contributed by atoms with Crippen molar-refractivity contribution in [3.63, 3.8) is 0 Å². The molecular formula is C5H5N3O2. The van der Waals surface area contributed by atoms with Crippen LogP contribution in [0.3, 0.4) is 0 Å². The van der Waals surface area contributed by atoms with E-state index in [1.165, 1.54) is 12.5 Å². The Bertz CT molecular complexity index is 238. The van der Waals surface area contributed by atoms with Crippen LogP contribution in [-0.2, 0) is 4.79 Å². The second-order valence-electron chi connectivity index (χ2n) is 1.52. The highest BCUT2D eigenvalue weighted by Crippen LogP contribution is 2.14. The van der Waals surface area contributed by atoms with Crippen LogP contribution in [0.2, 0.25) is 0 Å². The van der Waals surface area contributed by atoms with Crippen molar-refractivity contribution in [2.75, 3.05) is 5.32 Å². The van der Waals surface area contributed by atoms with Gasteiger partial charge in [0.05, 0.1) is 6.20 Å². The number of carbonyl (C=O) groups excluding carboxylic acids is 1. The minimum Gasteiger partial charge on any atom is -0.503 e. The summed E-state index contributed by atoms with van der Waals surface area (Å²) in [5, 5.41) is 11.1. The van der Waals surface area contributed by atoms with Gasteiger partial charge in [-0.1, -0.05) is 0 Å². The van der Waals surface area contributed by atoms with Gasteiger partial charge in [-0.3, -0.25) is 4.79 Å². The Balaban J connectivity index is 2.91. The largest absolute Gasteiger partial charge is 0.503 e. The molecule has 0 atom stereocenters. The van der Waals surface area contributed by atoms with Gasteiger partial charge in [0.1, 0.15) is 6.33 Å². The van der Waals surface area contributed by atoms with Gasteiger partial charge in [-0.2, -0.15) is 0 Å². The fraction of sp³-hybridized carbons (Fsp3) is 0. The Labute approximate surface area is 56.7 Å². The number of hydrogen-bond acceptors (Lipinski definition) is 4. The second-order valence-corrected chi connectivity index (χ2v) is 1.52. The molecule has 0 saturated heterocycles. The van der Waals surface area contributed by atoms with E-state index in [0.29, 0.717) is 6.41 Å². The van der Waals surface area contributed by atoms with E-state index >= 15 is 0 Å². The number of amides is 1. The minimum absolute atomic E-state index is 0.116. The number of rotatable bonds is 2. The van der Waals surface area contributed by atoms with Crippen LogP contribution in [0.1, 0.15) is 0 Å². The molecule has 0 spiro atoms. The fourth-order valence-corrected chi connectivity index (χ4v) is 0.489. The standard InChI is InChI=1S/C5H5N3O2/c9-3-8-5-4(10)1-6-2-7-5/h1-3,10H,(H,6,7,8,9). The van der Waals surface area contributed by atoms with Gasteiger partial charge < -0.3 is 10.4 Å². The molecule has 1 aromatic heterocycles. The van der Waals surface area contributed by atoms with E-state index in [-0.39, 0.29) is 11.6 Å². The number of nitrogens with zero attached hydrogens (tertiary/aromatic N) is 2. The van der Waals surface area contributed by atoms with E-state index in [4.69, 9.17) is 5.11 Å². The molecule has 1 aromatic rings. The van der Waals surface area contributed by atoms with Gasteiger partial charge in [-0.25, -0.2) is 9.97 Å². The monoisotopic (exact) mass is 139 g/mol. The Morgan fingerprint density at radius 2 is 2.50 bits per heavy atom. The van der Waals surface area contributed by atoms with Gasteiger partial charge in [-0.15, -0.1) is 0 Å². The number of carbonyl (C=O) groups is 1.